The van der Waals surface area contributed by atoms with Gasteiger partial charge < -0.3 is 14.2 Å². The lowest BCUT2D eigenvalue weighted by Gasteiger charge is -2.29. The number of amides is 2. The normalized spacial score (nSPS) is 16.0. The van der Waals surface area contributed by atoms with E-state index in [1.54, 1.807) is 36.4 Å². The number of benzene rings is 3. The molecular formula is C26H17Cl2N3O7S. The van der Waals surface area contributed by atoms with Crippen LogP contribution in [-0.2, 0) is 27.5 Å². The molecule has 198 valence electrons. The number of hydrogen-bond acceptors (Lipinski definition) is 8. The van der Waals surface area contributed by atoms with E-state index in [4.69, 9.17) is 49.6 Å². The van der Waals surface area contributed by atoms with Crippen LogP contribution in [0.2, 0.25) is 10.0 Å². The van der Waals surface area contributed by atoms with E-state index in [-0.39, 0.29) is 41.1 Å². The van der Waals surface area contributed by atoms with Gasteiger partial charge in [-0.25, -0.2) is 0 Å². The van der Waals surface area contributed by atoms with Gasteiger partial charge in [-0.05, 0) is 60.8 Å². The molecule has 2 aliphatic rings. The molecule has 3 aromatic rings. The van der Waals surface area contributed by atoms with Gasteiger partial charge in [-0.15, -0.1) is 0 Å². The van der Waals surface area contributed by atoms with Crippen LogP contribution < -0.4 is 19.7 Å². The highest BCUT2D eigenvalue weighted by Crippen LogP contribution is 2.34. The molecule has 2 heterocycles. The average Bonchev–Trinajstić information content (AvgIpc) is 2.90. The fraction of sp³-hybridized carbons (Fsp3) is 0.115. The Morgan fingerprint density at radius 2 is 1.87 bits per heavy atom. The lowest BCUT2D eigenvalue weighted by atomic mass is 10.1. The molecule has 0 bridgehead atoms. The van der Waals surface area contributed by atoms with E-state index in [0.29, 0.717) is 33.7 Å². The average molecular weight is 586 g/mol. The fourth-order valence-electron chi connectivity index (χ4n) is 4.05. The van der Waals surface area contributed by atoms with Gasteiger partial charge in [0.15, 0.2) is 11.9 Å². The van der Waals surface area contributed by atoms with Crippen LogP contribution in [0.25, 0.3) is 6.08 Å². The third-order valence-electron chi connectivity index (χ3n) is 5.83. The summed E-state index contributed by atoms with van der Waals surface area (Å²) >= 11 is 17.4. The first-order chi connectivity index (χ1) is 18.7. The number of halogens is 2. The third-order valence-corrected chi connectivity index (χ3v) is 6.58. The minimum Gasteiger partial charge on any atom is -0.488 e. The second-order valence-electron chi connectivity index (χ2n) is 8.37. The standard InChI is InChI=1S/C26H17Cl2N3O7S/c27-17-1-3-19(4-2-17)30-25(33)21(24(32)29-26(30)39)10-14-9-20(31(34)35)5-6-22(14)37-12-16-8-18(28)7-15-11-36-13-38-23(15)16/h1-10H,11-13H2,(H,29,32,39). The minimum atomic E-state index is -0.759. The number of anilines is 1. The molecule has 13 heteroatoms. The number of nitrogens with one attached hydrogen (secondary N) is 1. The van der Waals surface area contributed by atoms with Crippen molar-refractivity contribution in [1.29, 1.82) is 0 Å². The summed E-state index contributed by atoms with van der Waals surface area (Å²) in [5.41, 5.74) is 1.33. The maximum absolute atomic E-state index is 13.4. The van der Waals surface area contributed by atoms with E-state index in [1.807, 2.05) is 0 Å². The molecule has 39 heavy (non-hydrogen) atoms. The third kappa shape index (κ3) is 5.57. The largest absolute Gasteiger partial charge is 0.488 e. The molecule has 0 radical (unpaired) electrons. The van der Waals surface area contributed by atoms with Crippen LogP contribution >= 0.6 is 35.4 Å². The molecule has 0 aliphatic carbocycles. The van der Waals surface area contributed by atoms with E-state index < -0.39 is 16.7 Å². The first kappa shape index (κ1) is 26.6. The molecular weight excluding hydrogens is 569 g/mol. The number of carbonyl (C=O) groups is 2. The number of non-ortho nitro benzene ring substituents is 1. The fourth-order valence-corrected chi connectivity index (χ4v) is 4.72. The molecule has 5 rings (SSSR count). The maximum Gasteiger partial charge on any atom is 0.270 e. The molecule has 1 saturated heterocycles. The summed E-state index contributed by atoms with van der Waals surface area (Å²) in [5.74, 6) is -0.729. The van der Waals surface area contributed by atoms with Gasteiger partial charge in [0, 0.05) is 38.9 Å². The summed E-state index contributed by atoms with van der Waals surface area (Å²) in [6.07, 6.45) is 1.22. The van der Waals surface area contributed by atoms with E-state index in [2.05, 4.69) is 5.32 Å². The zero-order valence-electron chi connectivity index (χ0n) is 19.8. The number of hydrogen-bond donors (Lipinski definition) is 1. The monoisotopic (exact) mass is 585 g/mol. The molecule has 0 atom stereocenters. The summed E-state index contributed by atoms with van der Waals surface area (Å²) in [4.78, 5) is 38.2. The molecule has 3 aromatic carbocycles. The van der Waals surface area contributed by atoms with E-state index >= 15 is 0 Å². The number of thiocarbonyl (C=S) groups is 1. The molecule has 2 amide bonds. The Balaban J connectivity index is 1.51. The van der Waals surface area contributed by atoms with Gasteiger partial charge in [0.25, 0.3) is 17.5 Å². The molecule has 10 nitrogen and oxygen atoms in total. The number of nitro benzene ring substituents is 1. The number of carbonyl (C=O) groups excluding carboxylic acids is 2. The number of nitro groups is 1. The molecule has 1 N–H and O–H groups in total. The van der Waals surface area contributed by atoms with Gasteiger partial charge in [0.2, 0.25) is 0 Å². The van der Waals surface area contributed by atoms with Gasteiger partial charge in [0.1, 0.15) is 23.7 Å². The topological polar surface area (TPSA) is 120 Å². The van der Waals surface area contributed by atoms with Gasteiger partial charge >= 0.3 is 0 Å². The van der Waals surface area contributed by atoms with Crippen LogP contribution in [0.4, 0.5) is 11.4 Å². The quantitative estimate of drug-likeness (QED) is 0.138. The number of rotatable bonds is 6. The lowest BCUT2D eigenvalue weighted by molar-refractivity contribution is -0.384. The first-order valence-electron chi connectivity index (χ1n) is 11.3. The lowest BCUT2D eigenvalue weighted by Crippen LogP contribution is -2.54. The summed E-state index contributed by atoms with van der Waals surface area (Å²) in [5, 5.41) is 14.8. The predicted molar refractivity (Wildman–Crippen MR) is 147 cm³/mol. The SMILES string of the molecule is O=C1NC(=S)N(c2ccc(Cl)cc2)C(=O)C1=Cc1cc([N+](=O)[O-])ccc1OCc1cc(Cl)cc2c1OCOC2. The van der Waals surface area contributed by atoms with Crippen LogP contribution in [0, 0.1) is 10.1 Å². The van der Waals surface area contributed by atoms with Gasteiger partial charge in [-0.1, -0.05) is 23.2 Å². The van der Waals surface area contributed by atoms with Crippen molar-refractivity contribution in [2.24, 2.45) is 0 Å². The summed E-state index contributed by atoms with van der Waals surface area (Å²) in [6, 6.07) is 13.5. The predicted octanol–water partition coefficient (Wildman–Crippen LogP) is 5.18. The number of fused-ring (bicyclic) bond motifs is 1. The Morgan fingerprint density at radius 3 is 2.62 bits per heavy atom. The second kappa shape index (κ2) is 11.0. The van der Waals surface area contributed by atoms with E-state index in [1.165, 1.54) is 24.3 Å². The van der Waals surface area contributed by atoms with Gasteiger partial charge in [0.05, 0.1) is 17.2 Å². The van der Waals surface area contributed by atoms with Crippen LogP contribution in [-0.4, -0.2) is 28.6 Å². The van der Waals surface area contributed by atoms with Crippen LogP contribution in [0.3, 0.4) is 0 Å². The zero-order chi connectivity index (χ0) is 27.7. The van der Waals surface area contributed by atoms with Gasteiger partial charge in [-0.3, -0.25) is 29.9 Å². The molecule has 0 spiro atoms. The van der Waals surface area contributed by atoms with E-state index in [0.717, 1.165) is 10.5 Å². The van der Waals surface area contributed by atoms with Crippen LogP contribution in [0.5, 0.6) is 11.5 Å². The van der Waals surface area contributed by atoms with Crippen molar-refractivity contribution in [1.82, 2.24) is 5.32 Å². The number of nitrogens with zero attached hydrogens (tertiary/aromatic N) is 2. The molecule has 1 fully saturated rings. The van der Waals surface area contributed by atoms with Crippen molar-refractivity contribution in [3.05, 3.63) is 97.0 Å². The highest BCUT2D eigenvalue weighted by atomic mass is 35.5. The van der Waals surface area contributed by atoms with Crippen molar-refractivity contribution < 1.29 is 28.7 Å². The van der Waals surface area contributed by atoms with Crippen LogP contribution in [0.1, 0.15) is 16.7 Å². The Bertz CT molecular complexity index is 1560. The Hall–Kier alpha value is -4.03. The highest BCUT2D eigenvalue weighted by molar-refractivity contribution is 7.80. The number of ether oxygens (including phenoxy) is 3. The molecule has 0 saturated carbocycles. The smallest absolute Gasteiger partial charge is 0.270 e. The summed E-state index contributed by atoms with van der Waals surface area (Å²) < 4.78 is 16.9. The first-order valence-corrected chi connectivity index (χ1v) is 12.5. The highest BCUT2D eigenvalue weighted by Gasteiger charge is 2.35. The van der Waals surface area contributed by atoms with Crippen molar-refractivity contribution >= 4 is 69.8 Å². The Morgan fingerprint density at radius 1 is 1.10 bits per heavy atom. The van der Waals surface area contributed by atoms with Crippen LogP contribution in [0.15, 0.2) is 60.2 Å². The second-order valence-corrected chi connectivity index (χ2v) is 9.63. The molecule has 2 aliphatic heterocycles. The molecule has 0 aromatic heterocycles. The zero-order valence-corrected chi connectivity index (χ0v) is 22.1. The maximum atomic E-state index is 13.4. The Labute approximate surface area is 236 Å². The molecule has 0 unspecified atom stereocenters. The van der Waals surface area contributed by atoms with Crippen molar-refractivity contribution in [3.63, 3.8) is 0 Å². The minimum absolute atomic E-state index is 0.0159. The van der Waals surface area contributed by atoms with Gasteiger partial charge in [-0.2, -0.15) is 0 Å². The van der Waals surface area contributed by atoms with Crippen molar-refractivity contribution in [3.8, 4) is 11.5 Å². The Kier molecular flexibility index (Phi) is 7.49. The van der Waals surface area contributed by atoms with Crippen molar-refractivity contribution in [2.45, 2.75) is 13.2 Å². The van der Waals surface area contributed by atoms with Crippen molar-refractivity contribution in [2.75, 3.05) is 11.7 Å². The summed E-state index contributed by atoms with van der Waals surface area (Å²) in [7, 11) is 0. The summed E-state index contributed by atoms with van der Waals surface area (Å²) in [6.45, 7) is 0.374. The van der Waals surface area contributed by atoms with E-state index in [9.17, 15) is 19.7 Å².